The van der Waals surface area contributed by atoms with Crippen molar-refractivity contribution in [1.29, 1.82) is 0 Å². The molecule has 1 aromatic rings. The quantitative estimate of drug-likeness (QED) is 0.201. The van der Waals surface area contributed by atoms with Crippen LogP contribution in [-0.2, 0) is 24.3 Å². The van der Waals surface area contributed by atoms with Crippen LogP contribution in [0.5, 0.6) is 0 Å². The number of sulfonamides is 1. The highest BCUT2D eigenvalue weighted by atomic mass is 32.2. The predicted molar refractivity (Wildman–Crippen MR) is 133 cm³/mol. The van der Waals surface area contributed by atoms with E-state index in [0.717, 1.165) is 45.3 Å². The highest BCUT2D eigenvalue weighted by Gasteiger charge is 2.34. The predicted octanol–water partition coefficient (Wildman–Crippen LogP) is 1.03. The first-order chi connectivity index (χ1) is 16.6. The third-order valence-corrected chi connectivity index (χ3v) is 6.46. The average molecular weight is 510 g/mol. The number of esters is 1. The molecular weight excluding hydrogens is 474 g/mol. The summed E-state index contributed by atoms with van der Waals surface area (Å²) < 4.78 is 36.8. The van der Waals surface area contributed by atoms with Gasteiger partial charge in [-0.2, -0.15) is 0 Å². The number of hydrogen-bond acceptors (Lipinski definition) is 8. The molecule has 12 heteroatoms. The number of ether oxygens (including phenoxy) is 2. The molecule has 2 aliphatic heterocycles. The number of piperazine rings is 1. The van der Waals surface area contributed by atoms with Crippen LogP contribution in [0, 0.1) is 0 Å². The summed E-state index contributed by atoms with van der Waals surface area (Å²) in [6, 6.07) is 6.63. The summed E-state index contributed by atoms with van der Waals surface area (Å²) in [4.78, 5) is 30.3. The number of nitrogens with two attached hydrogens (primary N) is 1. The van der Waals surface area contributed by atoms with E-state index in [4.69, 9.17) is 15.2 Å². The summed E-state index contributed by atoms with van der Waals surface area (Å²) in [5.74, 6) is -0.245. The number of rotatable bonds is 11. The standard InChI is InChI=1S/C23H35N5O6S/c1-3-4-15-33-21(29)9-10-26-11-13-27(14-12-26)16-20-17-28(23(30)34-20)19-7-5-18(6-8-19)22(24)25-35(2,31)32/h5-8,20H,3-4,9-17H2,1-2H3,(H2,24,25). The summed E-state index contributed by atoms with van der Waals surface area (Å²) in [6.07, 6.45) is 2.62. The molecule has 2 N–H and O–H groups in total. The Hall–Kier alpha value is -2.70. The molecule has 2 fully saturated rings. The molecule has 2 heterocycles. The molecule has 1 unspecified atom stereocenters. The van der Waals surface area contributed by atoms with Gasteiger partial charge in [0.15, 0.2) is 0 Å². The maximum atomic E-state index is 12.4. The van der Waals surface area contributed by atoms with Gasteiger partial charge >= 0.3 is 12.1 Å². The van der Waals surface area contributed by atoms with Crippen molar-refractivity contribution in [2.45, 2.75) is 32.3 Å². The molecule has 2 aliphatic rings. The van der Waals surface area contributed by atoms with E-state index < -0.39 is 16.1 Å². The van der Waals surface area contributed by atoms with Crippen LogP contribution in [0.2, 0.25) is 0 Å². The summed E-state index contributed by atoms with van der Waals surface area (Å²) in [6.45, 7) is 7.70. The van der Waals surface area contributed by atoms with Gasteiger partial charge in [0.1, 0.15) is 11.9 Å². The van der Waals surface area contributed by atoms with Gasteiger partial charge in [-0.25, -0.2) is 13.2 Å². The molecule has 3 rings (SSSR count). The maximum absolute atomic E-state index is 12.4. The minimum atomic E-state index is -3.59. The molecule has 0 aliphatic carbocycles. The van der Waals surface area contributed by atoms with E-state index in [2.05, 4.69) is 21.1 Å². The fourth-order valence-electron chi connectivity index (χ4n) is 4.01. The number of benzene rings is 1. The van der Waals surface area contributed by atoms with E-state index in [1.807, 2.05) is 0 Å². The molecule has 0 spiro atoms. The second-order valence-corrected chi connectivity index (χ2v) is 10.5. The van der Waals surface area contributed by atoms with Crippen molar-refractivity contribution in [2.24, 2.45) is 10.1 Å². The van der Waals surface area contributed by atoms with Crippen LogP contribution in [0.4, 0.5) is 10.5 Å². The molecule has 1 aromatic carbocycles. The molecule has 1 atom stereocenters. The summed E-state index contributed by atoms with van der Waals surface area (Å²) in [5, 5.41) is 0. The smallest absolute Gasteiger partial charge is 0.414 e. The Morgan fingerprint density at radius 3 is 2.46 bits per heavy atom. The molecule has 194 valence electrons. The van der Waals surface area contributed by atoms with Gasteiger partial charge in [0, 0.05) is 50.5 Å². The lowest BCUT2D eigenvalue weighted by atomic mass is 10.2. The first-order valence-corrected chi connectivity index (χ1v) is 13.7. The molecule has 11 nitrogen and oxygen atoms in total. The van der Waals surface area contributed by atoms with Crippen LogP contribution in [0.1, 0.15) is 31.7 Å². The van der Waals surface area contributed by atoms with Crippen LogP contribution in [-0.4, -0.2) is 101 Å². The Morgan fingerprint density at radius 1 is 1.17 bits per heavy atom. The number of amidine groups is 1. The van der Waals surface area contributed by atoms with Crippen molar-refractivity contribution in [3.63, 3.8) is 0 Å². The molecule has 0 radical (unpaired) electrons. The minimum Gasteiger partial charge on any atom is -0.466 e. The minimum absolute atomic E-state index is 0.103. The fraction of sp³-hybridized carbons (Fsp3) is 0.609. The number of nitrogens with zero attached hydrogens (tertiary/aromatic N) is 4. The van der Waals surface area contributed by atoms with Crippen LogP contribution >= 0.6 is 0 Å². The first-order valence-electron chi connectivity index (χ1n) is 11.9. The molecular formula is C23H35N5O6S. The van der Waals surface area contributed by atoms with Crippen LogP contribution < -0.4 is 10.6 Å². The normalized spacial score (nSPS) is 20.2. The largest absolute Gasteiger partial charge is 0.466 e. The van der Waals surface area contributed by atoms with Crippen molar-refractivity contribution in [1.82, 2.24) is 9.80 Å². The fourth-order valence-corrected chi connectivity index (χ4v) is 4.47. The van der Waals surface area contributed by atoms with Gasteiger partial charge in [-0.05, 0) is 30.7 Å². The van der Waals surface area contributed by atoms with E-state index in [1.165, 1.54) is 0 Å². The third kappa shape index (κ3) is 8.48. The lowest BCUT2D eigenvalue weighted by Crippen LogP contribution is -2.49. The van der Waals surface area contributed by atoms with Gasteiger partial charge in [0.25, 0.3) is 10.0 Å². The highest BCUT2D eigenvalue weighted by molar-refractivity contribution is 7.89. The van der Waals surface area contributed by atoms with E-state index in [9.17, 15) is 18.0 Å². The number of anilines is 1. The zero-order valence-corrected chi connectivity index (χ0v) is 21.2. The number of carbonyl (C=O) groups excluding carboxylic acids is 2. The topological polar surface area (TPSA) is 135 Å². The zero-order valence-electron chi connectivity index (χ0n) is 20.4. The number of unbranched alkanes of at least 4 members (excludes halogenated alkanes) is 1. The lowest BCUT2D eigenvalue weighted by Gasteiger charge is -2.35. The molecule has 1 amide bonds. The first kappa shape index (κ1) is 26.9. The average Bonchev–Trinajstić information content (AvgIpc) is 3.17. The van der Waals surface area contributed by atoms with E-state index >= 15 is 0 Å². The summed E-state index contributed by atoms with van der Waals surface area (Å²) >= 11 is 0. The molecule has 0 bridgehead atoms. The van der Waals surface area contributed by atoms with Crippen molar-refractivity contribution in [3.05, 3.63) is 29.8 Å². The summed E-state index contributed by atoms with van der Waals surface area (Å²) in [5.41, 5.74) is 6.84. The second-order valence-electron chi connectivity index (χ2n) is 8.84. The molecule has 2 saturated heterocycles. The van der Waals surface area contributed by atoms with Gasteiger partial charge in [-0.15, -0.1) is 4.40 Å². The number of cyclic esters (lactones) is 1. The Bertz CT molecular complexity index is 1010. The monoisotopic (exact) mass is 509 g/mol. The Balaban J connectivity index is 1.43. The van der Waals surface area contributed by atoms with E-state index in [0.29, 0.717) is 43.9 Å². The SMILES string of the molecule is CCCCOC(=O)CCN1CCN(CC2CN(c3ccc(C(N)=NS(C)(=O)=O)cc3)C(=O)O2)CC1. The third-order valence-electron chi connectivity index (χ3n) is 5.93. The highest BCUT2D eigenvalue weighted by Crippen LogP contribution is 2.23. The number of carbonyl (C=O) groups is 2. The number of hydrogen-bond donors (Lipinski definition) is 1. The van der Waals surface area contributed by atoms with Gasteiger partial charge in [0.05, 0.1) is 25.8 Å². The van der Waals surface area contributed by atoms with Crippen molar-refractivity contribution in [3.8, 4) is 0 Å². The second kappa shape index (κ2) is 12.3. The van der Waals surface area contributed by atoms with Gasteiger partial charge in [-0.1, -0.05) is 13.3 Å². The van der Waals surface area contributed by atoms with Gasteiger partial charge in [-0.3, -0.25) is 14.6 Å². The van der Waals surface area contributed by atoms with Gasteiger partial charge in [0.2, 0.25) is 0 Å². The molecule has 0 aromatic heterocycles. The van der Waals surface area contributed by atoms with Crippen molar-refractivity contribution < 1.29 is 27.5 Å². The molecule has 0 saturated carbocycles. The Labute approximate surface area is 206 Å². The van der Waals surface area contributed by atoms with Crippen LogP contribution in [0.3, 0.4) is 0 Å². The lowest BCUT2D eigenvalue weighted by molar-refractivity contribution is -0.144. The zero-order chi connectivity index (χ0) is 25.4. The number of amides is 1. The van der Waals surface area contributed by atoms with Crippen LogP contribution in [0.25, 0.3) is 0 Å². The summed E-state index contributed by atoms with van der Waals surface area (Å²) in [7, 11) is -3.59. The van der Waals surface area contributed by atoms with E-state index in [1.54, 1.807) is 29.2 Å². The Morgan fingerprint density at radius 2 is 1.83 bits per heavy atom. The maximum Gasteiger partial charge on any atom is 0.414 e. The van der Waals surface area contributed by atoms with Crippen molar-refractivity contribution in [2.75, 3.05) is 63.6 Å². The Kier molecular flexibility index (Phi) is 9.47. The van der Waals surface area contributed by atoms with Crippen molar-refractivity contribution >= 4 is 33.6 Å². The van der Waals surface area contributed by atoms with Gasteiger partial charge < -0.3 is 20.1 Å². The van der Waals surface area contributed by atoms with E-state index in [-0.39, 0.29) is 17.9 Å². The van der Waals surface area contributed by atoms with Crippen LogP contribution in [0.15, 0.2) is 28.7 Å². The molecule has 35 heavy (non-hydrogen) atoms.